The summed E-state index contributed by atoms with van der Waals surface area (Å²) >= 11 is 5.89. The van der Waals surface area contributed by atoms with Crippen LogP contribution in [0.25, 0.3) is 0 Å². The monoisotopic (exact) mass is 618 g/mol. The van der Waals surface area contributed by atoms with Gasteiger partial charge in [0.1, 0.15) is 17.7 Å². The van der Waals surface area contributed by atoms with E-state index >= 15 is 0 Å². The Morgan fingerprint density at radius 2 is 1.83 bits per heavy atom. The topological polar surface area (TPSA) is 105 Å². The fraction of sp³-hybridized carbons (Fsp3) is 0.387. The zero-order chi connectivity index (χ0) is 30.3. The van der Waals surface area contributed by atoms with Crippen LogP contribution in [0.4, 0.5) is 4.39 Å². The van der Waals surface area contributed by atoms with Crippen molar-refractivity contribution in [3.63, 3.8) is 0 Å². The number of halogens is 2. The number of para-hydroxylation sites is 1. The van der Waals surface area contributed by atoms with Crippen molar-refractivity contribution in [2.24, 2.45) is 5.92 Å². The largest absolute Gasteiger partial charge is 0.487 e. The van der Waals surface area contributed by atoms with Gasteiger partial charge in [-0.1, -0.05) is 67.9 Å². The van der Waals surface area contributed by atoms with Gasteiger partial charge in [0.15, 0.2) is 0 Å². The number of benzene rings is 3. The summed E-state index contributed by atoms with van der Waals surface area (Å²) < 4.78 is 53.6. The van der Waals surface area contributed by atoms with Crippen molar-refractivity contribution in [1.29, 1.82) is 0 Å². The number of ether oxygens (including phenoxy) is 2. The first-order chi connectivity index (χ1) is 20.0. The molecule has 1 saturated heterocycles. The molecule has 8 nitrogen and oxygen atoms in total. The molecule has 0 bridgehead atoms. The van der Waals surface area contributed by atoms with E-state index in [4.69, 9.17) is 21.1 Å². The SMILES string of the molecule is CC(C)CN(C[C@@H](O)C(Cc1ccccc1)NC(=O)c1ccccc1O[C@@H]1CCOC1)S(=O)(=O)c1ccc(F)c(Cl)c1. The molecular formula is C31H36ClFN2O6S. The van der Waals surface area contributed by atoms with E-state index in [2.05, 4.69) is 5.32 Å². The lowest BCUT2D eigenvalue weighted by molar-refractivity contribution is 0.0769. The van der Waals surface area contributed by atoms with Gasteiger partial charge in [0.2, 0.25) is 10.0 Å². The van der Waals surface area contributed by atoms with Crippen LogP contribution in [-0.2, 0) is 21.2 Å². The summed E-state index contributed by atoms with van der Waals surface area (Å²) in [5, 5.41) is 14.1. The molecular weight excluding hydrogens is 583 g/mol. The number of hydrogen-bond donors (Lipinski definition) is 2. The second-order valence-electron chi connectivity index (χ2n) is 10.7. The van der Waals surface area contributed by atoms with Crippen LogP contribution >= 0.6 is 11.6 Å². The standard InChI is InChI=1S/C31H36ClFN2O6S/c1-21(2)18-35(42(38,39)24-12-13-27(33)26(32)17-24)19-29(36)28(16-22-8-4-3-5-9-22)34-31(37)25-10-6-7-11-30(25)41-23-14-15-40-20-23/h3-13,17,21,23,28-29,36H,14-16,18-20H2,1-2H3,(H,34,37)/t23-,28?,29-/m1/s1. The Balaban J connectivity index is 1.60. The summed E-state index contributed by atoms with van der Waals surface area (Å²) in [6, 6.07) is 18.5. The zero-order valence-electron chi connectivity index (χ0n) is 23.6. The van der Waals surface area contributed by atoms with E-state index in [0.29, 0.717) is 30.9 Å². The van der Waals surface area contributed by atoms with E-state index in [1.807, 2.05) is 44.2 Å². The molecule has 1 amide bonds. The molecule has 0 saturated carbocycles. The third-order valence-electron chi connectivity index (χ3n) is 6.88. The maximum atomic E-state index is 13.8. The molecule has 3 aromatic rings. The van der Waals surface area contributed by atoms with E-state index in [-0.39, 0.29) is 41.5 Å². The van der Waals surface area contributed by atoms with Gasteiger partial charge in [-0.2, -0.15) is 4.31 Å². The minimum Gasteiger partial charge on any atom is -0.487 e. The van der Waals surface area contributed by atoms with Crippen LogP contribution < -0.4 is 10.1 Å². The van der Waals surface area contributed by atoms with Crippen LogP contribution in [0.15, 0.2) is 77.7 Å². The molecule has 3 atom stereocenters. The summed E-state index contributed by atoms with van der Waals surface area (Å²) in [5.74, 6) is -0.890. The van der Waals surface area contributed by atoms with Crippen molar-refractivity contribution >= 4 is 27.5 Å². The molecule has 1 unspecified atom stereocenters. The third kappa shape index (κ3) is 8.29. The first-order valence-corrected chi connectivity index (χ1v) is 15.7. The van der Waals surface area contributed by atoms with Gasteiger partial charge >= 0.3 is 0 Å². The Bertz CT molecular complexity index is 1450. The minimum absolute atomic E-state index is 0.0839. The van der Waals surface area contributed by atoms with Gasteiger partial charge in [-0.05, 0) is 48.2 Å². The average Bonchev–Trinajstić information content (AvgIpc) is 3.47. The quantitative estimate of drug-likeness (QED) is 0.288. The minimum atomic E-state index is -4.16. The van der Waals surface area contributed by atoms with Gasteiger partial charge in [-0.15, -0.1) is 0 Å². The predicted octanol–water partition coefficient (Wildman–Crippen LogP) is 4.70. The lowest BCUT2D eigenvalue weighted by Gasteiger charge is -2.31. The number of nitrogens with one attached hydrogen (secondary N) is 1. The fourth-order valence-electron chi connectivity index (χ4n) is 4.74. The number of carbonyl (C=O) groups excluding carboxylic acids is 1. The number of hydrogen-bond acceptors (Lipinski definition) is 6. The highest BCUT2D eigenvalue weighted by molar-refractivity contribution is 7.89. The highest BCUT2D eigenvalue weighted by Gasteiger charge is 2.32. The molecule has 0 aliphatic carbocycles. The van der Waals surface area contributed by atoms with Crippen molar-refractivity contribution in [2.45, 2.75) is 49.8 Å². The van der Waals surface area contributed by atoms with E-state index < -0.39 is 33.9 Å². The molecule has 1 heterocycles. The predicted molar refractivity (Wildman–Crippen MR) is 159 cm³/mol. The molecule has 2 N–H and O–H groups in total. The van der Waals surface area contributed by atoms with Crippen molar-refractivity contribution in [3.05, 3.63) is 94.8 Å². The average molecular weight is 619 g/mol. The number of amides is 1. The normalized spacial score (nSPS) is 16.9. The van der Waals surface area contributed by atoms with Crippen LogP contribution in [0.1, 0.15) is 36.2 Å². The Hall–Kier alpha value is -3.02. The highest BCUT2D eigenvalue weighted by Crippen LogP contribution is 2.25. The molecule has 226 valence electrons. The van der Waals surface area contributed by atoms with Crippen LogP contribution in [-0.4, -0.2) is 68.3 Å². The van der Waals surface area contributed by atoms with E-state index in [0.717, 1.165) is 28.1 Å². The van der Waals surface area contributed by atoms with Crippen LogP contribution in [0.3, 0.4) is 0 Å². The smallest absolute Gasteiger partial charge is 0.255 e. The summed E-state index contributed by atoms with van der Waals surface area (Å²) in [7, 11) is -4.16. The Labute approximate surface area is 251 Å². The highest BCUT2D eigenvalue weighted by atomic mass is 35.5. The summed E-state index contributed by atoms with van der Waals surface area (Å²) in [6.07, 6.45) is -0.509. The van der Waals surface area contributed by atoms with Crippen molar-refractivity contribution < 1.29 is 32.2 Å². The molecule has 3 aromatic carbocycles. The number of aliphatic hydroxyl groups excluding tert-OH is 1. The molecule has 42 heavy (non-hydrogen) atoms. The third-order valence-corrected chi connectivity index (χ3v) is 9.00. The molecule has 1 fully saturated rings. The van der Waals surface area contributed by atoms with Crippen molar-refractivity contribution in [2.75, 3.05) is 26.3 Å². The van der Waals surface area contributed by atoms with E-state index in [9.17, 15) is 22.7 Å². The summed E-state index contributed by atoms with van der Waals surface area (Å²) in [5.41, 5.74) is 1.14. The van der Waals surface area contributed by atoms with Gasteiger partial charge in [-0.25, -0.2) is 12.8 Å². The Morgan fingerprint density at radius 1 is 1.12 bits per heavy atom. The molecule has 0 spiro atoms. The molecule has 1 aliphatic heterocycles. The van der Waals surface area contributed by atoms with Gasteiger partial charge in [0.05, 0.1) is 40.8 Å². The molecule has 0 radical (unpaired) electrons. The second kappa shape index (κ2) is 14.4. The number of rotatable bonds is 13. The maximum Gasteiger partial charge on any atom is 0.255 e. The molecule has 11 heteroatoms. The zero-order valence-corrected chi connectivity index (χ0v) is 25.2. The van der Waals surface area contributed by atoms with Crippen LogP contribution in [0, 0.1) is 11.7 Å². The van der Waals surface area contributed by atoms with Crippen molar-refractivity contribution in [1.82, 2.24) is 9.62 Å². The fourth-order valence-corrected chi connectivity index (χ4v) is 6.63. The van der Waals surface area contributed by atoms with Crippen molar-refractivity contribution in [3.8, 4) is 5.75 Å². The van der Waals surface area contributed by atoms with Gasteiger partial charge < -0.3 is 19.9 Å². The molecule has 4 rings (SSSR count). The second-order valence-corrected chi connectivity index (χ2v) is 13.1. The lowest BCUT2D eigenvalue weighted by Crippen LogP contribution is -2.51. The summed E-state index contributed by atoms with van der Waals surface area (Å²) in [6.45, 7) is 4.49. The van der Waals surface area contributed by atoms with Gasteiger partial charge in [0, 0.05) is 19.5 Å². The van der Waals surface area contributed by atoms with Crippen LogP contribution in [0.2, 0.25) is 5.02 Å². The first-order valence-electron chi connectivity index (χ1n) is 13.9. The van der Waals surface area contributed by atoms with Crippen LogP contribution in [0.5, 0.6) is 5.75 Å². The molecule has 1 aliphatic rings. The number of carbonyl (C=O) groups is 1. The Morgan fingerprint density at radius 3 is 2.50 bits per heavy atom. The lowest BCUT2D eigenvalue weighted by atomic mass is 10.00. The maximum absolute atomic E-state index is 13.8. The van der Waals surface area contributed by atoms with E-state index in [1.54, 1.807) is 24.3 Å². The molecule has 0 aromatic heterocycles. The first kappa shape index (κ1) is 31.9. The van der Waals surface area contributed by atoms with E-state index in [1.165, 1.54) is 0 Å². The van der Waals surface area contributed by atoms with Gasteiger partial charge in [-0.3, -0.25) is 4.79 Å². The number of nitrogens with zero attached hydrogens (tertiary/aromatic N) is 1. The number of sulfonamides is 1. The Kier molecular flexibility index (Phi) is 11.0. The summed E-state index contributed by atoms with van der Waals surface area (Å²) in [4.78, 5) is 13.4. The van der Waals surface area contributed by atoms with Gasteiger partial charge in [0.25, 0.3) is 5.91 Å². The number of aliphatic hydroxyl groups is 1.